The molecule has 0 radical (unpaired) electrons. The summed E-state index contributed by atoms with van der Waals surface area (Å²) in [6, 6.07) is 24.8. The van der Waals surface area contributed by atoms with Gasteiger partial charge >= 0.3 is 0 Å². The molecular weight excluding hydrogens is 526 g/mol. The van der Waals surface area contributed by atoms with Crippen LogP contribution in [0.25, 0.3) is 5.57 Å². The molecule has 0 saturated heterocycles. The number of benzene rings is 4. The molecule has 1 aliphatic carbocycles. The van der Waals surface area contributed by atoms with E-state index in [9.17, 15) is 29.0 Å². The standard InChI is InChI=1S/C17H15F2NO2.C16H15NO2/c1-11-9-15(20(21)22)12(2)8-14(11)16(10-17(16,18)19)13-6-4-3-5-7-13;1-11-10-16(17(18)19)12(2)9-15(11)13(3)14-7-5-4-6-8-14/h3-9H,10H2,1-2H3;4-10H,3H2,1-2H3. The highest BCUT2D eigenvalue weighted by molar-refractivity contribution is 5.80. The lowest BCUT2D eigenvalue weighted by atomic mass is 9.83. The zero-order valence-corrected chi connectivity index (χ0v) is 23.3. The molecule has 1 atom stereocenters. The van der Waals surface area contributed by atoms with Gasteiger partial charge in [0.25, 0.3) is 17.3 Å². The van der Waals surface area contributed by atoms with Crippen molar-refractivity contribution in [2.75, 3.05) is 0 Å². The summed E-state index contributed by atoms with van der Waals surface area (Å²) in [7, 11) is 0. The van der Waals surface area contributed by atoms with E-state index in [-0.39, 0.29) is 22.7 Å². The first-order chi connectivity index (χ1) is 19.3. The fourth-order valence-electron chi connectivity index (χ4n) is 5.35. The van der Waals surface area contributed by atoms with Gasteiger partial charge in [-0.2, -0.15) is 0 Å². The second-order valence-corrected chi connectivity index (χ2v) is 10.4. The Kier molecular flexibility index (Phi) is 7.88. The van der Waals surface area contributed by atoms with Gasteiger partial charge in [0.05, 0.1) is 15.3 Å². The van der Waals surface area contributed by atoms with Crippen LogP contribution < -0.4 is 0 Å². The Labute approximate surface area is 237 Å². The van der Waals surface area contributed by atoms with Gasteiger partial charge in [-0.3, -0.25) is 20.2 Å². The minimum Gasteiger partial charge on any atom is -0.258 e. The van der Waals surface area contributed by atoms with Crippen LogP contribution in [-0.2, 0) is 5.41 Å². The Morgan fingerprint density at radius 2 is 1.20 bits per heavy atom. The maximum Gasteiger partial charge on any atom is 0.272 e. The highest BCUT2D eigenvalue weighted by atomic mass is 19.3. The van der Waals surface area contributed by atoms with Crippen LogP contribution in [0.2, 0.25) is 0 Å². The third-order valence-corrected chi connectivity index (χ3v) is 7.64. The number of nitro benzene ring substituents is 2. The van der Waals surface area contributed by atoms with Crippen LogP contribution in [0.5, 0.6) is 0 Å². The largest absolute Gasteiger partial charge is 0.272 e. The molecule has 6 nitrogen and oxygen atoms in total. The lowest BCUT2D eigenvalue weighted by Crippen LogP contribution is -2.20. The van der Waals surface area contributed by atoms with Crippen molar-refractivity contribution in [3.63, 3.8) is 0 Å². The van der Waals surface area contributed by atoms with Gasteiger partial charge in [-0.05, 0) is 78.8 Å². The number of nitrogens with zero attached hydrogens (tertiary/aromatic N) is 2. The third kappa shape index (κ3) is 5.50. The van der Waals surface area contributed by atoms with Gasteiger partial charge in [-0.1, -0.05) is 67.2 Å². The Balaban J connectivity index is 0.000000191. The van der Waals surface area contributed by atoms with Gasteiger partial charge < -0.3 is 0 Å². The second kappa shape index (κ2) is 11.0. The molecule has 4 aromatic carbocycles. The van der Waals surface area contributed by atoms with E-state index in [1.807, 2.05) is 43.3 Å². The molecule has 1 saturated carbocycles. The predicted octanol–water partition coefficient (Wildman–Crippen LogP) is 8.81. The van der Waals surface area contributed by atoms with Gasteiger partial charge in [0.1, 0.15) is 0 Å². The van der Waals surface area contributed by atoms with E-state index >= 15 is 0 Å². The Morgan fingerprint density at radius 1 is 0.732 bits per heavy atom. The molecule has 5 rings (SSSR count). The summed E-state index contributed by atoms with van der Waals surface area (Å²) in [6.45, 7) is 11.0. The van der Waals surface area contributed by atoms with Crippen molar-refractivity contribution >= 4 is 16.9 Å². The maximum absolute atomic E-state index is 14.3. The number of nitro groups is 2. The smallest absolute Gasteiger partial charge is 0.258 e. The molecule has 0 spiro atoms. The number of hydrogen-bond acceptors (Lipinski definition) is 4. The number of alkyl halides is 2. The SMILES string of the molecule is C=C(c1ccccc1)c1cc(C)c([N+](=O)[O-])cc1C.Cc1cc(C2(c3ccccc3)CC2(F)F)c(C)cc1[N+](=O)[O-]. The van der Waals surface area contributed by atoms with Crippen molar-refractivity contribution < 1.29 is 18.6 Å². The van der Waals surface area contributed by atoms with E-state index in [1.54, 1.807) is 63.2 Å². The number of hydrogen-bond donors (Lipinski definition) is 0. The first-order valence-corrected chi connectivity index (χ1v) is 13.0. The molecule has 210 valence electrons. The van der Waals surface area contributed by atoms with Crippen molar-refractivity contribution in [3.05, 3.63) is 156 Å². The highest BCUT2D eigenvalue weighted by Gasteiger charge is 2.73. The maximum atomic E-state index is 14.3. The summed E-state index contributed by atoms with van der Waals surface area (Å²) in [5.41, 5.74) is 5.11. The van der Waals surface area contributed by atoms with Crippen LogP contribution >= 0.6 is 0 Å². The van der Waals surface area contributed by atoms with Crippen LogP contribution in [0.4, 0.5) is 20.2 Å². The number of aryl methyl sites for hydroxylation is 4. The Bertz CT molecular complexity index is 1650. The van der Waals surface area contributed by atoms with E-state index in [2.05, 4.69) is 6.58 Å². The zero-order chi connectivity index (χ0) is 30.1. The van der Waals surface area contributed by atoms with Crippen molar-refractivity contribution in [2.45, 2.75) is 45.5 Å². The molecule has 0 amide bonds. The lowest BCUT2D eigenvalue weighted by Gasteiger charge is -2.20. The molecule has 1 aliphatic rings. The first kappa shape index (κ1) is 29.3. The average molecular weight is 557 g/mol. The van der Waals surface area contributed by atoms with Crippen molar-refractivity contribution in [1.29, 1.82) is 0 Å². The van der Waals surface area contributed by atoms with Crippen molar-refractivity contribution in [3.8, 4) is 0 Å². The fraction of sp³-hybridized carbons (Fsp3) is 0.212. The van der Waals surface area contributed by atoms with Crippen LogP contribution in [-0.4, -0.2) is 15.8 Å². The van der Waals surface area contributed by atoms with E-state index in [0.29, 0.717) is 27.8 Å². The summed E-state index contributed by atoms with van der Waals surface area (Å²) in [5, 5.41) is 21.9. The van der Waals surface area contributed by atoms with E-state index in [1.165, 1.54) is 6.07 Å². The summed E-state index contributed by atoms with van der Waals surface area (Å²) >= 11 is 0. The molecule has 41 heavy (non-hydrogen) atoms. The van der Waals surface area contributed by atoms with Gasteiger partial charge in [0.2, 0.25) is 0 Å². The second-order valence-electron chi connectivity index (χ2n) is 10.4. The third-order valence-electron chi connectivity index (χ3n) is 7.64. The zero-order valence-electron chi connectivity index (χ0n) is 23.3. The molecule has 0 N–H and O–H groups in total. The molecule has 4 aromatic rings. The Hall–Kier alpha value is -4.72. The molecular formula is C33H30F2N2O4. The van der Waals surface area contributed by atoms with E-state index in [0.717, 1.165) is 22.3 Å². The topological polar surface area (TPSA) is 86.3 Å². The molecule has 0 aliphatic heterocycles. The summed E-state index contributed by atoms with van der Waals surface area (Å²) in [4.78, 5) is 21.1. The molecule has 1 fully saturated rings. The summed E-state index contributed by atoms with van der Waals surface area (Å²) in [5.74, 6) is -2.83. The summed E-state index contributed by atoms with van der Waals surface area (Å²) < 4.78 is 28.5. The highest BCUT2D eigenvalue weighted by Crippen LogP contribution is 2.66. The molecule has 0 aromatic heterocycles. The lowest BCUT2D eigenvalue weighted by molar-refractivity contribution is -0.385. The molecule has 8 heteroatoms. The minimum atomic E-state index is -2.83. The summed E-state index contributed by atoms with van der Waals surface area (Å²) in [6.07, 6.45) is -0.262. The predicted molar refractivity (Wildman–Crippen MR) is 157 cm³/mol. The molecule has 0 bridgehead atoms. The fourth-order valence-corrected chi connectivity index (χ4v) is 5.35. The van der Waals surface area contributed by atoms with Crippen molar-refractivity contribution in [2.24, 2.45) is 0 Å². The first-order valence-electron chi connectivity index (χ1n) is 13.0. The minimum absolute atomic E-state index is 0.0339. The normalized spacial score (nSPS) is 16.7. The monoisotopic (exact) mass is 556 g/mol. The van der Waals surface area contributed by atoms with Crippen LogP contribution in [0.1, 0.15) is 50.9 Å². The average Bonchev–Trinajstić information content (AvgIpc) is 3.54. The van der Waals surface area contributed by atoms with Gasteiger partial charge in [-0.15, -0.1) is 0 Å². The van der Waals surface area contributed by atoms with Crippen LogP contribution in [0, 0.1) is 47.9 Å². The van der Waals surface area contributed by atoms with Gasteiger partial charge in [0, 0.05) is 29.7 Å². The Morgan fingerprint density at radius 3 is 1.68 bits per heavy atom. The van der Waals surface area contributed by atoms with Gasteiger partial charge in [-0.25, -0.2) is 8.78 Å². The van der Waals surface area contributed by atoms with Gasteiger partial charge in [0.15, 0.2) is 0 Å². The quantitative estimate of drug-likeness (QED) is 0.175. The van der Waals surface area contributed by atoms with Crippen LogP contribution in [0.15, 0.2) is 91.5 Å². The van der Waals surface area contributed by atoms with Crippen molar-refractivity contribution in [1.82, 2.24) is 0 Å². The van der Waals surface area contributed by atoms with E-state index < -0.39 is 16.3 Å². The molecule has 0 heterocycles. The number of rotatable bonds is 6. The van der Waals surface area contributed by atoms with Crippen LogP contribution in [0.3, 0.4) is 0 Å². The molecule has 1 unspecified atom stereocenters. The number of halogens is 2. The van der Waals surface area contributed by atoms with E-state index in [4.69, 9.17) is 0 Å².